The van der Waals surface area contributed by atoms with E-state index in [9.17, 15) is 14.7 Å². The van der Waals surface area contributed by atoms with Crippen LogP contribution in [0.4, 0.5) is 5.69 Å². The normalized spacial score (nSPS) is 11.0. The maximum Gasteiger partial charge on any atom is 0.257 e. The minimum absolute atomic E-state index is 0.172. The van der Waals surface area contributed by atoms with Crippen LogP contribution in [0.15, 0.2) is 53.3 Å². The van der Waals surface area contributed by atoms with Crippen molar-refractivity contribution in [3.05, 3.63) is 80.7 Å². The fourth-order valence-corrected chi connectivity index (χ4v) is 3.58. The van der Waals surface area contributed by atoms with E-state index in [1.807, 2.05) is 24.3 Å². The van der Waals surface area contributed by atoms with E-state index in [1.165, 1.54) is 10.1 Å². The zero-order chi connectivity index (χ0) is 22.5. The summed E-state index contributed by atoms with van der Waals surface area (Å²) in [6.45, 7) is 5.54. The van der Waals surface area contributed by atoms with Gasteiger partial charge in [-0.2, -0.15) is 0 Å². The summed E-state index contributed by atoms with van der Waals surface area (Å²) in [4.78, 5) is 30.5. The molecular weight excluding hydrogens is 414 g/mol. The Morgan fingerprint density at radius 2 is 1.90 bits per heavy atom. The summed E-state index contributed by atoms with van der Waals surface area (Å²) in [5, 5.41) is 12.7. The minimum Gasteiger partial charge on any atom is -0.396 e. The van der Waals surface area contributed by atoms with Gasteiger partial charge < -0.3 is 10.4 Å². The standard InChI is InChI=1S/C24H26ClN3O3/c1-15(2)17-7-9-20(10-8-17)27-22(30)14-28-23(18-5-4-6-19(25)13-18)26-16(3)21(11-12-29)24(28)31/h4-10,13,15,29H,11-12,14H2,1-3H3,(H,27,30). The molecule has 1 amide bonds. The quantitative estimate of drug-likeness (QED) is 0.578. The molecule has 6 nitrogen and oxygen atoms in total. The Balaban J connectivity index is 1.96. The highest BCUT2D eigenvalue weighted by atomic mass is 35.5. The lowest BCUT2D eigenvalue weighted by Crippen LogP contribution is -2.33. The number of aliphatic hydroxyl groups excluding tert-OH is 1. The van der Waals surface area contributed by atoms with Crippen molar-refractivity contribution in [1.29, 1.82) is 0 Å². The number of carbonyl (C=O) groups is 1. The average molecular weight is 440 g/mol. The molecule has 0 fully saturated rings. The summed E-state index contributed by atoms with van der Waals surface area (Å²) in [5.41, 5.74) is 3.03. The Bertz CT molecular complexity index is 1140. The van der Waals surface area contributed by atoms with Gasteiger partial charge in [0, 0.05) is 40.6 Å². The molecule has 1 heterocycles. The topological polar surface area (TPSA) is 84.2 Å². The molecular formula is C24H26ClN3O3. The maximum absolute atomic E-state index is 13.2. The van der Waals surface area contributed by atoms with Crippen LogP contribution in [0.3, 0.4) is 0 Å². The average Bonchev–Trinajstić information content (AvgIpc) is 2.73. The number of aryl methyl sites for hydroxylation is 1. The molecule has 1 aromatic heterocycles. The smallest absolute Gasteiger partial charge is 0.257 e. The van der Waals surface area contributed by atoms with Crippen molar-refractivity contribution < 1.29 is 9.90 Å². The molecule has 0 saturated heterocycles. The summed E-state index contributed by atoms with van der Waals surface area (Å²) in [7, 11) is 0. The number of aromatic nitrogens is 2. The largest absolute Gasteiger partial charge is 0.396 e. The Hall–Kier alpha value is -2.96. The first-order valence-corrected chi connectivity index (χ1v) is 10.5. The van der Waals surface area contributed by atoms with E-state index in [-0.39, 0.29) is 31.0 Å². The van der Waals surface area contributed by atoms with Crippen molar-refractivity contribution in [2.24, 2.45) is 0 Å². The van der Waals surface area contributed by atoms with Crippen LogP contribution in [0.5, 0.6) is 0 Å². The number of halogens is 1. The molecule has 0 aliphatic rings. The van der Waals surface area contributed by atoms with Gasteiger partial charge in [-0.05, 0) is 42.7 Å². The number of carbonyl (C=O) groups excluding carboxylic acids is 1. The number of aliphatic hydroxyl groups is 1. The molecule has 0 spiro atoms. The monoisotopic (exact) mass is 439 g/mol. The fourth-order valence-electron chi connectivity index (χ4n) is 3.39. The predicted molar refractivity (Wildman–Crippen MR) is 124 cm³/mol. The van der Waals surface area contributed by atoms with Crippen LogP contribution >= 0.6 is 11.6 Å². The van der Waals surface area contributed by atoms with Crippen molar-refractivity contribution >= 4 is 23.2 Å². The second kappa shape index (κ2) is 9.90. The van der Waals surface area contributed by atoms with E-state index in [4.69, 9.17) is 11.6 Å². The van der Waals surface area contributed by atoms with E-state index in [0.717, 1.165) is 0 Å². The number of hydrogen-bond donors (Lipinski definition) is 2. The molecule has 0 aliphatic heterocycles. The van der Waals surface area contributed by atoms with Gasteiger partial charge in [-0.3, -0.25) is 14.2 Å². The van der Waals surface area contributed by atoms with Crippen molar-refractivity contribution in [3.63, 3.8) is 0 Å². The zero-order valence-electron chi connectivity index (χ0n) is 17.9. The molecule has 7 heteroatoms. The molecule has 2 N–H and O–H groups in total. The van der Waals surface area contributed by atoms with Gasteiger partial charge in [0.1, 0.15) is 12.4 Å². The van der Waals surface area contributed by atoms with Crippen molar-refractivity contribution in [2.75, 3.05) is 11.9 Å². The first kappa shape index (κ1) is 22.7. The van der Waals surface area contributed by atoms with Crippen molar-refractivity contribution in [1.82, 2.24) is 9.55 Å². The number of rotatable bonds is 7. The molecule has 3 rings (SSSR count). The van der Waals surface area contributed by atoms with Crippen LogP contribution in [0.1, 0.15) is 36.6 Å². The molecule has 2 aromatic carbocycles. The summed E-state index contributed by atoms with van der Waals surface area (Å²) >= 11 is 6.13. The first-order chi connectivity index (χ1) is 14.8. The molecule has 162 valence electrons. The number of hydrogen-bond acceptors (Lipinski definition) is 4. The molecule has 0 aliphatic carbocycles. The highest BCUT2D eigenvalue weighted by Gasteiger charge is 2.18. The van der Waals surface area contributed by atoms with Gasteiger partial charge >= 0.3 is 0 Å². The third kappa shape index (κ3) is 5.40. The molecule has 31 heavy (non-hydrogen) atoms. The Kier molecular flexibility index (Phi) is 7.25. The Morgan fingerprint density at radius 3 is 2.52 bits per heavy atom. The van der Waals surface area contributed by atoms with Gasteiger partial charge in [-0.25, -0.2) is 4.98 Å². The molecule has 0 radical (unpaired) electrons. The molecule has 3 aromatic rings. The summed E-state index contributed by atoms with van der Waals surface area (Å²) in [5.74, 6) is 0.410. The Morgan fingerprint density at radius 1 is 1.19 bits per heavy atom. The van der Waals surface area contributed by atoms with E-state index < -0.39 is 0 Å². The lowest BCUT2D eigenvalue weighted by molar-refractivity contribution is -0.116. The third-order valence-corrected chi connectivity index (χ3v) is 5.31. The van der Waals surface area contributed by atoms with Gasteiger partial charge in [0.2, 0.25) is 5.91 Å². The number of nitrogens with zero attached hydrogens (tertiary/aromatic N) is 2. The maximum atomic E-state index is 13.2. The molecule has 0 bridgehead atoms. The number of anilines is 1. The predicted octanol–water partition coefficient (Wildman–Crippen LogP) is 4.17. The summed E-state index contributed by atoms with van der Waals surface area (Å²) in [6.07, 6.45) is 0.172. The van der Waals surface area contributed by atoms with E-state index in [2.05, 4.69) is 24.1 Å². The number of amides is 1. The van der Waals surface area contributed by atoms with Gasteiger partial charge in [-0.15, -0.1) is 0 Å². The first-order valence-electron chi connectivity index (χ1n) is 10.2. The Labute approximate surface area is 186 Å². The van der Waals surface area contributed by atoms with Crippen LogP contribution in [0, 0.1) is 6.92 Å². The van der Waals surface area contributed by atoms with E-state index in [0.29, 0.717) is 39.3 Å². The van der Waals surface area contributed by atoms with Gasteiger partial charge in [0.05, 0.1) is 0 Å². The number of nitrogens with one attached hydrogen (secondary N) is 1. The summed E-state index contributed by atoms with van der Waals surface area (Å²) in [6, 6.07) is 14.6. The SMILES string of the molecule is Cc1nc(-c2cccc(Cl)c2)n(CC(=O)Nc2ccc(C(C)C)cc2)c(=O)c1CCO. The van der Waals surface area contributed by atoms with E-state index in [1.54, 1.807) is 31.2 Å². The lowest BCUT2D eigenvalue weighted by atomic mass is 10.0. The van der Waals surface area contributed by atoms with Crippen molar-refractivity contribution in [3.8, 4) is 11.4 Å². The second-order valence-electron chi connectivity index (χ2n) is 7.70. The highest BCUT2D eigenvalue weighted by molar-refractivity contribution is 6.30. The molecule has 0 unspecified atom stereocenters. The number of benzene rings is 2. The van der Waals surface area contributed by atoms with Gasteiger partial charge in [0.25, 0.3) is 5.56 Å². The minimum atomic E-state index is -0.346. The van der Waals surface area contributed by atoms with Gasteiger partial charge in [-0.1, -0.05) is 49.7 Å². The van der Waals surface area contributed by atoms with Gasteiger partial charge in [0.15, 0.2) is 0 Å². The van der Waals surface area contributed by atoms with Crippen LogP contribution in [0.25, 0.3) is 11.4 Å². The van der Waals surface area contributed by atoms with Crippen molar-refractivity contribution in [2.45, 2.75) is 39.7 Å². The third-order valence-electron chi connectivity index (χ3n) is 5.08. The van der Waals surface area contributed by atoms with Crippen LogP contribution in [-0.2, 0) is 17.8 Å². The molecule has 0 atom stereocenters. The van der Waals surface area contributed by atoms with E-state index >= 15 is 0 Å². The van der Waals surface area contributed by atoms with Crippen LogP contribution < -0.4 is 10.9 Å². The second-order valence-corrected chi connectivity index (χ2v) is 8.14. The highest BCUT2D eigenvalue weighted by Crippen LogP contribution is 2.22. The van der Waals surface area contributed by atoms with Crippen LogP contribution in [-0.4, -0.2) is 27.2 Å². The van der Waals surface area contributed by atoms with Crippen LogP contribution in [0.2, 0.25) is 5.02 Å². The lowest BCUT2D eigenvalue weighted by Gasteiger charge is -2.16. The zero-order valence-corrected chi connectivity index (χ0v) is 18.6. The summed E-state index contributed by atoms with van der Waals surface area (Å²) < 4.78 is 1.33. The fraction of sp³-hybridized carbons (Fsp3) is 0.292. The molecule has 0 saturated carbocycles.